The number of carbonyl (C=O) groups excluding carboxylic acids is 1. The van der Waals surface area contributed by atoms with Gasteiger partial charge in [0.2, 0.25) is 5.91 Å². The molecule has 0 saturated heterocycles. The summed E-state index contributed by atoms with van der Waals surface area (Å²) in [5.74, 6) is 1.32. The summed E-state index contributed by atoms with van der Waals surface area (Å²) in [6.45, 7) is 4.27. The van der Waals surface area contributed by atoms with Crippen molar-refractivity contribution in [3.8, 4) is 0 Å². The summed E-state index contributed by atoms with van der Waals surface area (Å²) < 4.78 is 2.24. The monoisotopic (exact) mass is 378 g/mol. The van der Waals surface area contributed by atoms with Crippen LogP contribution in [0.15, 0.2) is 53.5 Å². The summed E-state index contributed by atoms with van der Waals surface area (Å²) in [4.78, 5) is 20.1. The van der Waals surface area contributed by atoms with Gasteiger partial charge in [0.15, 0.2) is 5.96 Å². The van der Waals surface area contributed by atoms with Crippen LogP contribution in [0.3, 0.4) is 0 Å². The molecular formula is C21H26N6O. The van der Waals surface area contributed by atoms with Crippen molar-refractivity contribution in [1.82, 2.24) is 20.2 Å². The van der Waals surface area contributed by atoms with E-state index in [1.165, 1.54) is 0 Å². The van der Waals surface area contributed by atoms with Gasteiger partial charge in [-0.3, -0.25) is 9.79 Å². The van der Waals surface area contributed by atoms with Gasteiger partial charge in [0.1, 0.15) is 5.82 Å². The second-order valence-electron chi connectivity index (χ2n) is 6.57. The zero-order chi connectivity index (χ0) is 19.9. The summed E-state index contributed by atoms with van der Waals surface area (Å²) in [5.41, 5.74) is 9.00. The number of nitrogens with zero attached hydrogens (tertiary/aromatic N) is 3. The zero-order valence-electron chi connectivity index (χ0n) is 16.3. The third-order valence-corrected chi connectivity index (χ3v) is 4.59. The van der Waals surface area contributed by atoms with Crippen molar-refractivity contribution in [3.05, 3.63) is 65.5 Å². The number of nitrogens with one attached hydrogen (secondary N) is 2. The number of amides is 1. The summed E-state index contributed by atoms with van der Waals surface area (Å²) in [6, 6.07) is 15.5. The molecule has 0 fully saturated rings. The molecule has 0 spiro atoms. The molecule has 0 saturated carbocycles. The van der Waals surface area contributed by atoms with E-state index in [4.69, 9.17) is 5.73 Å². The molecule has 7 heteroatoms. The van der Waals surface area contributed by atoms with E-state index < -0.39 is 5.91 Å². The number of imidazole rings is 1. The SMILES string of the molecule is CN=C(NCCCn1c(C)nc2ccccc21)NCc1cccc(C(N)=O)c1. The molecule has 0 aliphatic carbocycles. The normalized spacial score (nSPS) is 11.6. The molecule has 0 unspecified atom stereocenters. The van der Waals surface area contributed by atoms with E-state index in [0.717, 1.165) is 47.9 Å². The van der Waals surface area contributed by atoms with E-state index in [2.05, 4.69) is 31.2 Å². The molecule has 0 aliphatic heterocycles. The summed E-state index contributed by atoms with van der Waals surface area (Å²) >= 11 is 0. The fourth-order valence-corrected chi connectivity index (χ4v) is 3.16. The first kappa shape index (κ1) is 19.4. The van der Waals surface area contributed by atoms with Gasteiger partial charge in [-0.2, -0.15) is 0 Å². The largest absolute Gasteiger partial charge is 0.366 e. The molecule has 0 aliphatic rings. The van der Waals surface area contributed by atoms with Crippen LogP contribution in [0.1, 0.15) is 28.2 Å². The van der Waals surface area contributed by atoms with Gasteiger partial charge in [0.05, 0.1) is 11.0 Å². The highest BCUT2D eigenvalue weighted by atomic mass is 16.1. The van der Waals surface area contributed by atoms with Crippen LogP contribution in [-0.2, 0) is 13.1 Å². The Hall–Kier alpha value is -3.35. The van der Waals surface area contributed by atoms with Gasteiger partial charge in [-0.05, 0) is 43.2 Å². The Morgan fingerprint density at radius 2 is 2.00 bits per heavy atom. The molecule has 0 radical (unpaired) electrons. The number of hydrogen-bond acceptors (Lipinski definition) is 3. The van der Waals surface area contributed by atoms with Crippen LogP contribution in [0.2, 0.25) is 0 Å². The Morgan fingerprint density at radius 1 is 1.18 bits per heavy atom. The van der Waals surface area contributed by atoms with Crippen LogP contribution in [0.4, 0.5) is 0 Å². The quantitative estimate of drug-likeness (QED) is 0.333. The maximum atomic E-state index is 11.3. The highest BCUT2D eigenvalue weighted by Crippen LogP contribution is 2.15. The predicted molar refractivity (Wildman–Crippen MR) is 112 cm³/mol. The molecule has 1 amide bonds. The fraction of sp³-hybridized carbons (Fsp3) is 0.286. The molecule has 0 atom stereocenters. The molecule has 1 heterocycles. The van der Waals surface area contributed by atoms with Crippen molar-refractivity contribution in [2.45, 2.75) is 26.4 Å². The van der Waals surface area contributed by atoms with Crippen molar-refractivity contribution in [1.29, 1.82) is 0 Å². The van der Waals surface area contributed by atoms with Gasteiger partial charge in [0.25, 0.3) is 0 Å². The Bertz CT molecular complexity index is 991. The van der Waals surface area contributed by atoms with Gasteiger partial charge in [0, 0.05) is 32.2 Å². The van der Waals surface area contributed by atoms with E-state index in [-0.39, 0.29) is 0 Å². The lowest BCUT2D eigenvalue weighted by molar-refractivity contribution is 0.1000. The Morgan fingerprint density at radius 3 is 2.79 bits per heavy atom. The Labute approximate surface area is 164 Å². The van der Waals surface area contributed by atoms with E-state index in [1.54, 1.807) is 19.2 Å². The summed E-state index contributed by atoms with van der Waals surface area (Å²) in [7, 11) is 1.74. The Balaban J connectivity index is 1.49. The number of aryl methyl sites for hydroxylation is 2. The minimum Gasteiger partial charge on any atom is -0.366 e. The number of hydrogen-bond donors (Lipinski definition) is 3. The standard InChI is InChI=1S/C21H26N6O/c1-15-26-18-9-3-4-10-19(18)27(15)12-6-11-24-21(23-2)25-14-16-7-5-8-17(13-16)20(22)28/h3-5,7-10,13H,6,11-12,14H2,1-2H3,(H2,22,28)(H2,23,24,25). The molecule has 2 aromatic carbocycles. The smallest absolute Gasteiger partial charge is 0.248 e. The van der Waals surface area contributed by atoms with Crippen molar-refractivity contribution >= 4 is 22.9 Å². The fourth-order valence-electron chi connectivity index (χ4n) is 3.16. The van der Waals surface area contributed by atoms with Crippen molar-refractivity contribution in [2.75, 3.05) is 13.6 Å². The molecule has 3 rings (SSSR count). The minimum absolute atomic E-state index is 0.424. The molecule has 7 nitrogen and oxygen atoms in total. The molecule has 3 aromatic rings. The lowest BCUT2D eigenvalue weighted by Gasteiger charge is -2.13. The number of para-hydroxylation sites is 2. The van der Waals surface area contributed by atoms with Gasteiger partial charge >= 0.3 is 0 Å². The second-order valence-corrected chi connectivity index (χ2v) is 6.57. The number of aliphatic imine (C=N–C) groups is 1. The topological polar surface area (TPSA) is 97.3 Å². The maximum Gasteiger partial charge on any atom is 0.248 e. The number of benzene rings is 2. The first-order valence-corrected chi connectivity index (χ1v) is 9.33. The number of fused-ring (bicyclic) bond motifs is 1. The maximum absolute atomic E-state index is 11.3. The van der Waals surface area contributed by atoms with Crippen LogP contribution in [0, 0.1) is 6.92 Å². The van der Waals surface area contributed by atoms with Crippen LogP contribution in [0.25, 0.3) is 11.0 Å². The van der Waals surface area contributed by atoms with Gasteiger partial charge in [-0.15, -0.1) is 0 Å². The van der Waals surface area contributed by atoms with E-state index >= 15 is 0 Å². The Kier molecular flexibility index (Phi) is 6.26. The number of rotatable bonds is 7. The van der Waals surface area contributed by atoms with Crippen molar-refractivity contribution in [3.63, 3.8) is 0 Å². The van der Waals surface area contributed by atoms with Crippen LogP contribution >= 0.6 is 0 Å². The lowest BCUT2D eigenvalue weighted by Crippen LogP contribution is -2.37. The van der Waals surface area contributed by atoms with Crippen LogP contribution in [0.5, 0.6) is 0 Å². The molecule has 0 bridgehead atoms. The third kappa shape index (κ3) is 4.68. The minimum atomic E-state index is -0.424. The molecule has 4 N–H and O–H groups in total. The van der Waals surface area contributed by atoms with Crippen LogP contribution in [-0.4, -0.2) is 35.0 Å². The third-order valence-electron chi connectivity index (χ3n) is 4.59. The highest BCUT2D eigenvalue weighted by Gasteiger charge is 2.06. The number of carbonyl (C=O) groups is 1. The number of guanidine groups is 1. The second kappa shape index (κ2) is 9.03. The molecule has 1 aromatic heterocycles. The summed E-state index contributed by atoms with van der Waals surface area (Å²) in [5, 5.41) is 6.57. The lowest BCUT2D eigenvalue weighted by atomic mass is 10.1. The molecule has 28 heavy (non-hydrogen) atoms. The van der Waals surface area contributed by atoms with Crippen molar-refractivity contribution in [2.24, 2.45) is 10.7 Å². The predicted octanol–water partition coefficient (Wildman–Crippen LogP) is 2.20. The molecule has 146 valence electrons. The number of nitrogens with two attached hydrogens (primary N) is 1. The first-order chi connectivity index (χ1) is 13.6. The van der Waals surface area contributed by atoms with Crippen molar-refractivity contribution < 1.29 is 4.79 Å². The number of aromatic nitrogens is 2. The number of primary amides is 1. The van der Waals surface area contributed by atoms with E-state index in [9.17, 15) is 4.79 Å². The molecular weight excluding hydrogens is 352 g/mol. The zero-order valence-corrected chi connectivity index (χ0v) is 16.3. The van der Waals surface area contributed by atoms with E-state index in [0.29, 0.717) is 12.1 Å². The average molecular weight is 378 g/mol. The van der Waals surface area contributed by atoms with E-state index in [1.807, 2.05) is 37.3 Å². The van der Waals surface area contributed by atoms with Gasteiger partial charge in [-0.25, -0.2) is 4.98 Å². The van der Waals surface area contributed by atoms with Gasteiger partial charge in [-0.1, -0.05) is 24.3 Å². The summed E-state index contributed by atoms with van der Waals surface area (Å²) in [6.07, 6.45) is 0.944. The van der Waals surface area contributed by atoms with Gasteiger partial charge < -0.3 is 20.9 Å². The van der Waals surface area contributed by atoms with Crippen LogP contribution < -0.4 is 16.4 Å². The first-order valence-electron chi connectivity index (χ1n) is 9.33. The average Bonchev–Trinajstić information content (AvgIpc) is 3.02. The highest BCUT2D eigenvalue weighted by molar-refractivity contribution is 5.92.